The second kappa shape index (κ2) is 8.14. The summed E-state index contributed by atoms with van der Waals surface area (Å²) >= 11 is 0. The third-order valence-electron chi connectivity index (χ3n) is 5.46. The van der Waals surface area contributed by atoms with Gasteiger partial charge in [0.15, 0.2) is 0 Å². The van der Waals surface area contributed by atoms with Crippen LogP contribution in [0.4, 0.5) is 5.69 Å². The second-order valence-electron chi connectivity index (χ2n) is 7.76. The first-order valence-electron chi connectivity index (χ1n) is 10.1. The first-order valence-corrected chi connectivity index (χ1v) is 10.1. The Hall–Kier alpha value is -2.67. The SMILES string of the molecule is CC(NC(=O)c1ccn(C2CCCNC2)n1)c1ccc(NC(=O)C2CC2)cc1. The maximum atomic E-state index is 12.6. The standard InChI is InChI=1S/C21H27N5O2/c1-14(15-6-8-17(9-7-15)24-20(27)16-4-5-16)23-21(28)19-10-12-26(25-19)18-3-2-11-22-13-18/h6-10,12,14,16,18,22H,2-5,11,13H2,1H3,(H,23,28)(H,24,27). The smallest absolute Gasteiger partial charge is 0.272 e. The Balaban J connectivity index is 1.33. The quantitative estimate of drug-likeness (QED) is 0.718. The van der Waals surface area contributed by atoms with Gasteiger partial charge in [-0.3, -0.25) is 14.3 Å². The van der Waals surface area contributed by atoms with Crippen LogP contribution in [0, 0.1) is 5.92 Å². The van der Waals surface area contributed by atoms with Gasteiger partial charge in [0.2, 0.25) is 5.91 Å². The van der Waals surface area contributed by atoms with E-state index in [-0.39, 0.29) is 23.8 Å². The van der Waals surface area contributed by atoms with Gasteiger partial charge in [-0.25, -0.2) is 0 Å². The molecule has 1 saturated carbocycles. The largest absolute Gasteiger partial charge is 0.344 e. The van der Waals surface area contributed by atoms with Crippen molar-refractivity contribution < 1.29 is 9.59 Å². The number of hydrogen-bond donors (Lipinski definition) is 3. The number of carbonyl (C=O) groups excluding carboxylic acids is 2. The number of benzene rings is 1. The molecule has 2 aromatic rings. The predicted octanol–water partition coefficient (Wildman–Crippen LogP) is 2.65. The Morgan fingerprint density at radius 1 is 1.18 bits per heavy atom. The lowest BCUT2D eigenvalue weighted by atomic mass is 10.1. The van der Waals surface area contributed by atoms with E-state index < -0.39 is 0 Å². The molecule has 28 heavy (non-hydrogen) atoms. The third kappa shape index (κ3) is 4.42. The van der Waals surface area contributed by atoms with Gasteiger partial charge in [0.25, 0.3) is 5.91 Å². The third-order valence-corrected chi connectivity index (χ3v) is 5.46. The van der Waals surface area contributed by atoms with Crippen LogP contribution in [0.3, 0.4) is 0 Å². The number of nitrogens with one attached hydrogen (secondary N) is 3. The van der Waals surface area contributed by atoms with E-state index in [1.807, 2.05) is 42.1 Å². The molecule has 2 unspecified atom stereocenters. The fourth-order valence-corrected chi connectivity index (χ4v) is 3.52. The van der Waals surface area contributed by atoms with Gasteiger partial charge in [-0.2, -0.15) is 5.10 Å². The van der Waals surface area contributed by atoms with Gasteiger partial charge < -0.3 is 16.0 Å². The van der Waals surface area contributed by atoms with Crippen LogP contribution < -0.4 is 16.0 Å². The Morgan fingerprint density at radius 2 is 1.96 bits per heavy atom. The molecule has 148 valence electrons. The fourth-order valence-electron chi connectivity index (χ4n) is 3.52. The Kier molecular flexibility index (Phi) is 5.43. The topological polar surface area (TPSA) is 88.1 Å². The van der Waals surface area contributed by atoms with Gasteiger partial charge in [0.05, 0.1) is 12.1 Å². The highest BCUT2D eigenvalue weighted by Gasteiger charge is 2.29. The van der Waals surface area contributed by atoms with E-state index in [1.54, 1.807) is 6.07 Å². The summed E-state index contributed by atoms with van der Waals surface area (Å²) in [5, 5.41) is 13.8. The molecular weight excluding hydrogens is 354 g/mol. The molecule has 4 rings (SSSR count). The molecule has 0 spiro atoms. The zero-order valence-corrected chi connectivity index (χ0v) is 16.1. The van der Waals surface area contributed by atoms with E-state index in [9.17, 15) is 9.59 Å². The molecule has 0 bridgehead atoms. The number of anilines is 1. The molecule has 1 aromatic carbocycles. The number of nitrogens with zero attached hydrogens (tertiary/aromatic N) is 2. The van der Waals surface area contributed by atoms with Crippen molar-refractivity contribution in [1.82, 2.24) is 20.4 Å². The normalized spacial score (nSPS) is 20.4. The van der Waals surface area contributed by atoms with E-state index in [2.05, 4.69) is 21.0 Å². The van der Waals surface area contributed by atoms with E-state index in [1.165, 1.54) is 0 Å². The molecule has 2 amide bonds. The van der Waals surface area contributed by atoms with Crippen LogP contribution in [0.5, 0.6) is 0 Å². The van der Waals surface area contributed by atoms with Crippen LogP contribution >= 0.6 is 0 Å². The molecule has 1 aliphatic heterocycles. The van der Waals surface area contributed by atoms with Crippen molar-refractivity contribution in [1.29, 1.82) is 0 Å². The van der Waals surface area contributed by atoms with Gasteiger partial charge in [-0.1, -0.05) is 12.1 Å². The monoisotopic (exact) mass is 381 g/mol. The van der Waals surface area contributed by atoms with Crippen LogP contribution in [0.1, 0.15) is 60.7 Å². The minimum absolute atomic E-state index is 0.0952. The van der Waals surface area contributed by atoms with E-state index in [0.29, 0.717) is 11.7 Å². The molecule has 2 atom stereocenters. The first kappa shape index (κ1) is 18.7. The van der Waals surface area contributed by atoms with Crippen molar-refractivity contribution >= 4 is 17.5 Å². The number of amides is 2. The van der Waals surface area contributed by atoms with Gasteiger partial charge >= 0.3 is 0 Å². The van der Waals surface area contributed by atoms with Gasteiger partial charge in [-0.15, -0.1) is 0 Å². The summed E-state index contributed by atoms with van der Waals surface area (Å²) in [5.74, 6) is 0.0982. The molecule has 7 heteroatoms. The van der Waals surface area contributed by atoms with Gasteiger partial charge in [0.1, 0.15) is 5.69 Å². The summed E-state index contributed by atoms with van der Waals surface area (Å²) in [4.78, 5) is 24.4. The first-order chi connectivity index (χ1) is 13.6. The maximum Gasteiger partial charge on any atom is 0.272 e. The second-order valence-corrected chi connectivity index (χ2v) is 7.76. The van der Waals surface area contributed by atoms with Crippen molar-refractivity contribution in [2.24, 2.45) is 5.92 Å². The summed E-state index contributed by atoms with van der Waals surface area (Å²) in [5.41, 5.74) is 2.21. The Labute approximate surface area is 164 Å². The molecule has 0 radical (unpaired) electrons. The molecule has 1 aliphatic carbocycles. The number of rotatable bonds is 6. The molecule has 2 aliphatic rings. The molecule has 3 N–H and O–H groups in total. The van der Waals surface area contributed by atoms with Crippen molar-refractivity contribution in [2.45, 2.75) is 44.7 Å². The molecular formula is C21H27N5O2. The summed E-state index contributed by atoms with van der Waals surface area (Å²) in [6.45, 7) is 3.88. The minimum Gasteiger partial charge on any atom is -0.344 e. The number of aromatic nitrogens is 2. The predicted molar refractivity (Wildman–Crippen MR) is 107 cm³/mol. The lowest BCUT2D eigenvalue weighted by molar-refractivity contribution is -0.117. The highest BCUT2D eigenvalue weighted by molar-refractivity contribution is 5.94. The Morgan fingerprint density at radius 3 is 2.64 bits per heavy atom. The van der Waals surface area contributed by atoms with E-state index in [0.717, 1.165) is 50.0 Å². The molecule has 2 fully saturated rings. The van der Waals surface area contributed by atoms with E-state index in [4.69, 9.17) is 0 Å². The average Bonchev–Trinajstić information content (AvgIpc) is 3.45. The summed E-state index contributed by atoms with van der Waals surface area (Å²) in [6, 6.07) is 9.55. The van der Waals surface area contributed by atoms with E-state index >= 15 is 0 Å². The van der Waals surface area contributed by atoms with Crippen LogP contribution in [0.2, 0.25) is 0 Å². The number of hydrogen-bond acceptors (Lipinski definition) is 4. The summed E-state index contributed by atoms with van der Waals surface area (Å²) in [6.07, 6.45) is 6.06. The zero-order chi connectivity index (χ0) is 19.5. The molecule has 2 heterocycles. The maximum absolute atomic E-state index is 12.6. The molecule has 7 nitrogen and oxygen atoms in total. The van der Waals surface area contributed by atoms with Crippen molar-refractivity contribution in [3.05, 3.63) is 47.8 Å². The van der Waals surface area contributed by atoms with Crippen LogP contribution in [0.15, 0.2) is 36.5 Å². The minimum atomic E-state index is -0.180. The number of carbonyl (C=O) groups is 2. The van der Waals surface area contributed by atoms with Crippen molar-refractivity contribution in [3.8, 4) is 0 Å². The Bertz CT molecular complexity index is 835. The van der Waals surface area contributed by atoms with Crippen LogP contribution in [-0.2, 0) is 4.79 Å². The van der Waals surface area contributed by atoms with Gasteiger partial charge in [-0.05, 0) is 62.9 Å². The highest BCUT2D eigenvalue weighted by Crippen LogP contribution is 2.30. The highest BCUT2D eigenvalue weighted by atomic mass is 16.2. The molecule has 1 saturated heterocycles. The molecule has 1 aromatic heterocycles. The van der Waals surface area contributed by atoms with Crippen molar-refractivity contribution in [3.63, 3.8) is 0 Å². The lowest BCUT2D eigenvalue weighted by Gasteiger charge is -2.22. The van der Waals surface area contributed by atoms with Gasteiger partial charge in [0, 0.05) is 24.3 Å². The lowest BCUT2D eigenvalue weighted by Crippen LogP contribution is -2.32. The van der Waals surface area contributed by atoms with Crippen LogP contribution in [-0.4, -0.2) is 34.7 Å². The average molecular weight is 381 g/mol. The van der Waals surface area contributed by atoms with Crippen LogP contribution in [0.25, 0.3) is 0 Å². The summed E-state index contributed by atoms with van der Waals surface area (Å²) in [7, 11) is 0. The van der Waals surface area contributed by atoms with Crippen molar-refractivity contribution in [2.75, 3.05) is 18.4 Å². The zero-order valence-electron chi connectivity index (χ0n) is 16.1. The number of piperidine rings is 1. The fraction of sp³-hybridized carbons (Fsp3) is 0.476. The summed E-state index contributed by atoms with van der Waals surface area (Å²) < 4.78 is 1.89.